The van der Waals surface area contributed by atoms with Gasteiger partial charge in [-0.1, -0.05) is 44.1 Å². The molecule has 17 heavy (non-hydrogen) atoms. The maximum absolute atomic E-state index is 8.60. The Labute approximate surface area is 106 Å². The molecule has 0 heterocycles. The molecule has 1 heteroatoms. The molecule has 1 nitrogen and oxygen atoms in total. The first-order valence-electron chi connectivity index (χ1n) is 6.66. The van der Waals surface area contributed by atoms with Gasteiger partial charge >= 0.3 is 0 Å². The van der Waals surface area contributed by atoms with Gasteiger partial charge in [-0.05, 0) is 43.6 Å². The molecular formula is C16H24O. The van der Waals surface area contributed by atoms with E-state index < -0.39 is 0 Å². The molecule has 0 fully saturated rings. The molecule has 0 radical (unpaired) electrons. The van der Waals surface area contributed by atoms with Crippen molar-refractivity contribution in [1.82, 2.24) is 0 Å². The van der Waals surface area contributed by atoms with Crippen LogP contribution in [0.25, 0.3) is 0 Å². The molecule has 0 aliphatic carbocycles. The molecule has 1 N–H and O–H groups in total. The lowest BCUT2D eigenvalue weighted by Crippen LogP contribution is -1.82. The molecule has 0 spiro atoms. The Morgan fingerprint density at radius 2 is 1.82 bits per heavy atom. The molecule has 0 amide bonds. The van der Waals surface area contributed by atoms with Crippen LogP contribution < -0.4 is 0 Å². The van der Waals surface area contributed by atoms with Crippen LogP contribution >= 0.6 is 0 Å². The molecule has 0 aliphatic heterocycles. The number of hydrogen-bond acceptors (Lipinski definition) is 1. The Balaban J connectivity index is 3.39. The van der Waals surface area contributed by atoms with Crippen molar-refractivity contribution in [2.45, 2.75) is 58.3 Å². The minimum absolute atomic E-state index is 0.317. The first kappa shape index (κ1) is 15.8. The van der Waals surface area contributed by atoms with Crippen LogP contribution in [0, 0.1) is 23.7 Å². The van der Waals surface area contributed by atoms with Gasteiger partial charge in [-0.15, -0.1) is 0 Å². The van der Waals surface area contributed by atoms with Gasteiger partial charge in [0.1, 0.15) is 0 Å². The Bertz CT molecular complexity index is 293. The summed E-state index contributed by atoms with van der Waals surface area (Å²) in [7, 11) is 0. The van der Waals surface area contributed by atoms with Gasteiger partial charge in [0.25, 0.3) is 0 Å². The summed E-state index contributed by atoms with van der Waals surface area (Å²) in [4.78, 5) is 0. The molecule has 0 atom stereocenters. The van der Waals surface area contributed by atoms with E-state index in [1.807, 2.05) is 6.08 Å². The molecule has 0 saturated carbocycles. The second-order valence-corrected chi connectivity index (χ2v) is 4.00. The molecule has 0 saturated heterocycles. The highest BCUT2D eigenvalue weighted by atomic mass is 16.2. The van der Waals surface area contributed by atoms with Crippen LogP contribution in [0.4, 0.5) is 0 Å². The summed E-state index contributed by atoms with van der Waals surface area (Å²) in [5.74, 6) is 11.6. The van der Waals surface area contributed by atoms with E-state index in [4.69, 9.17) is 5.11 Å². The highest BCUT2D eigenvalue weighted by Gasteiger charge is 1.85. The third kappa shape index (κ3) is 14.8. The van der Waals surface area contributed by atoms with Crippen molar-refractivity contribution >= 4 is 0 Å². The number of aliphatic hydroxyl groups is 1. The Kier molecular flexibility index (Phi) is 13.8. The van der Waals surface area contributed by atoms with Crippen molar-refractivity contribution < 1.29 is 5.11 Å². The van der Waals surface area contributed by atoms with Crippen LogP contribution in [0.3, 0.4) is 0 Å². The summed E-state index contributed by atoms with van der Waals surface area (Å²) in [6, 6.07) is 0. The van der Waals surface area contributed by atoms with Crippen LogP contribution in [-0.4, -0.2) is 11.7 Å². The zero-order valence-corrected chi connectivity index (χ0v) is 11.0. The first-order valence-corrected chi connectivity index (χ1v) is 6.66. The summed E-state index contributed by atoms with van der Waals surface area (Å²) in [6.45, 7) is 2.48. The van der Waals surface area contributed by atoms with Gasteiger partial charge in [0.15, 0.2) is 0 Å². The monoisotopic (exact) mass is 232 g/mol. The standard InChI is InChI=1S/C16H24O/c1-2-3-4-5-6-7-8-9-10-11-12-13-14-15-16-17/h9-10,17H,2-4,11-16H2,1H3/b10-9+. The number of hydrogen-bond donors (Lipinski definition) is 1. The molecular weight excluding hydrogens is 208 g/mol. The SMILES string of the molecule is CCCCC#CC#C/C=C/CCCCCCO. The van der Waals surface area contributed by atoms with Gasteiger partial charge in [-0.2, -0.15) is 0 Å². The first-order chi connectivity index (χ1) is 8.41. The maximum Gasteiger partial charge on any atom is 0.0431 e. The number of allylic oxidation sites excluding steroid dienone is 2. The van der Waals surface area contributed by atoms with Gasteiger partial charge in [0, 0.05) is 13.0 Å². The van der Waals surface area contributed by atoms with Gasteiger partial charge < -0.3 is 5.11 Å². The van der Waals surface area contributed by atoms with E-state index in [0.717, 1.165) is 25.7 Å². The van der Waals surface area contributed by atoms with Crippen molar-refractivity contribution in [2.75, 3.05) is 6.61 Å². The van der Waals surface area contributed by atoms with Crippen LogP contribution in [0.1, 0.15) is 58.3 Å². The molecule has 0 bridgehead atoms. The van der Waals surface area contributed by atoms with Crippen molar-refractivity contribution in [1.29, 1.82) is 0 Å². The van der Waals surface area contributed by atoms with Gasteiger partial charge in [0.2, 0.25) is 0 Å². The lowest BCUT2D eigenvalue weighted by molar-refractivity contribution is 0.282. The van der Waals surface area contributed by atoms with Gasteiger partial charge in [0.05, 0.1) is 0 Å². The molecule has 0 unspecified atom stereocenters. The molecule has 0 aromatic carbocycles. The third-order valence-electron chi connectivity index (χ3n) is 2.36. The minimum Gasteiger partial charge on any atom is -0.396 e. The fourth-order valence-electron chi connectivity index (χ4n) is 1.32. The van der Waals surface area contributed by atoms with Crippen LogP contribution in [-0.2, 0) is 0 Å². The van der Waals surface area contributed by atoms with E-state index in [0.29, 0.717) is 6.61 Å². The van der Waals surface area contributed by atoms with Crippen LogP contribution in [0.5, 0.6) is 0 Å². The van der Waals surface area contributed by atoms with E-state index in [1.165, 1.54) is 25.7 Å². The fourth-order valence-corrected chi connectivity index (χ4v) is 1.32. The van der Waals surface area contributed by atoms with E-state index >= 15 is 0 Å². The zero-order chi connectivity index (χ0) is 12.6. The molecule has 0 aliphatic rings. The largest absolute Gasteiger partial charge is 0.396 e. The van der Waals surface area contributed by atoms with Crippen LogP contribution in [0.15, 0.2) is 12.2 Å². The lowest BCUT2D eigenvalue weighted by atomic mass is 10.1. The normalized spacial score (nSPS) is 9.53. The summed E-state index contributed by atoms with van der Waals surface area (Å²) in [5.41, 5.74) is 0. The number of aliphatic hydroxyl groups excluding tert-OH is 1. The lowest BCUT2D eigenvalue weighted by Gasteiger charge is -1.94. The van der Waals surface area contributed by atoms with Crippen molar-refractivity contribution in [3.05, 3.63) is 12.2 Å². The van der Waals surface area contributed by atoms with Crippen molar-refractivity contribution in [3.8, 4) is 23.7 Å². The smallest absolute Gasteiger partial charge is 0.0431 e. The summed E-state index contributed by atoms with van der Waals surface area (Å²) in [6.07, 6.45) is 12.8. The fraction of sp³-hybridized carbons (Fsp3) is 0.625. The Morgan fingerprint density at radius 1 is 1.00 bits per heavy atom. The molecule has 0 aromatic rings. The average molecular weight is 232 g/mol. The second kappa shape index (κ2) is 14.8. The van der Waals surface area contributed by atoms with E-state index in [-0.39, 0.29) is 0 Å². The number of unbranched alkanes of at least 4 members (excludes halogenated alkanes) is 6. The Hall–Kier alpha value is -1.18. The third-order valence-corrected chi connectivity index (χ3v) is 2.36. The summed E-state index contributed by atoms with van der Waals surface area (Å²) < 4.78 is 0. The number of rotatable bonds is 8. The van der Waals surface area contributed by atoms with E-state index in [1.54, 1.807) is 0 Å². The van der Waals surface area contributed by atoms with Gasteiger partial charge in [-0.25, -0.2) is 0 Å². The maximum atomic E-state index is 8.60. The minimum atomic E-state index is 0.317. The van der Waals surface area contributed by atoms with Gasteiger partial charge in [-0.3, -0.25) is 0 Å². The van der Waals surface area contributed by atoms with Crippen molar-refractivity contribution in [3.63, 3.8) is 0 Å². The van der Waals surface area contributed by atoms with Crippen molar-refractivity contribution in [2.24, 2.45) is 0 Å². The quantitative estimate of drug-likeness (QED) is 0.500. The average Bonchev–Trinajstić information content (AvgIpc) is 2.35. The molecule has 94 valence electrons. The highest BCUT2D eigenvalue weighted by molar-refractivity contribution is 5.30. The Morgan fingerprint density at radius 3 is 2.59 bits per heavy atom. The predicted molar refractivity (Wildman–Crippen MR) is 74.4 cm³/mol. The summed E-state index contributed by atoms with van der Waals surface area (Å²) >= 11 is 0. The van der Waals surface area contributed by atoms with Crippen LogP contribution in [0.2, 0.25) is 0 Å². The molecule has 0 aromatic heterocycles. The van der Waals surface area contributed by atoms with E-state index in [9.17, 15) is 0 Å². The zero-order valence-electron chi connectivity index (χ0n) is 11.0. The highest BCUT2D eigenvalue weighted by Crippen LogP contribution is 2.02. The molecule has 0 rings (SSSR count). The topological polar surface area (TPSA) is 20.2 Å². The predicted octanol–water partition coefficient (Wildman–Crippen LogP) is 3.68. The summed E-state index contributed by atoms with van der Waals surface area (Å²) in [5, 5.41) is 8.60. The van der Waals surface area contributed by atoms with E-state index in [2.05, 4.69) is 36.7 Å². The second-order valence-electron chi connectivity index (χ2n) is 4.00.